The molecule has 104 valence electrons. The Kier molecular flexibility index (Phi) is 5.10. The molecule has 0 spiro atoms. The maximum Gasteiger partial charge on any atom is 0.326 e. The fraction of sp³-hybridized carbons (Fsp3) is 0.467. The van der Waals surface area contributed by atoms with Gasteiger partial charge < -0.3 is 10.4 Å². The van der Waals surface area contributed by atoms with E-state index in [1.54, 1.807) is 13.8 Å². The Morgan fingerprint density at radius 2 is 1.89 bits per heavy atom. The van der Waals surface area contributed by atoms with Crippen molar-refractivity contribution in [2.75, 3.05) is 0 Å². The van der Waals surface area contributed by atoms with Crippen LogP contribution in [-0.2, 0) is 16.0 Å². The van der Waals surface area contributed by atoms with Crippen LogP contribution in [0.2, 0.25) is 0 Å². The summed E-state index contributed by atoms with van der Waals surface area (Å²) in [5.41, 5.74) is 3.08. The number of rotatable bonds is 5. The lowest BCUT2D eigenvalue weighted by molar-refractivity contribution is -0.142. The number of benzene rings is 1. The highest BCUT2D eigenvalue weighted by Gasteiger charge is 2.22. The number of hydrogen-bond donors (Lipinski definition) is 2. The highest BCUT2D eigenvalue weighted by atomic mass is 16.4. The van der Waals surface area contributed by atoms with Crippen molar-refractivity contribution in [3.05, 3.63) is 34.9 Å². The van der Waals surface area contributed by atoms with Crippen molar-refractivity contribution in [2.24, 2.45) is 5.92 Å². The lowest BCUT2D eigenvalue weighted by Crippen LogP contribution is -2.44. The molecule has 1 atom stereocenters. The zero-order valence-corrected chi connectivity index (χ0v) is 11.9. The van der Waals surface area contributed by atoms with Gasteiger partial charge in [-0.1, -0.05) is 37.6 Å². The Balaban J connectivity index is 2.87. The number of carboxylic acid groups (broad SMARTS) is 1. The fourth-order valence-corrected chi connectivity index (χ4v) is 1.78. The number of hydrogen-bond acceptors (Lipinski definition) is 2. The van der Waals surface area contributed by atoms with E-state index in [4.69, 9.17) is 0 Å². The first-order valence-electron chi connectivity index (χ1n) is 6.40. The Hall–Kier alpha value is -1.84. The quantitative estimate of drug-likeness (QED) is 0.854. The Bertz CT molecular complexity index is 480. The fourth-order valence-electron chi connectivity index (χ4n) is 1.78. The van der Waals surface area contributed by atoms with Crippen LogP contribution in [0.4, 0.5) is 0 Å². The van der Waals surface area contributed by atoms with Gasteiger partial charge in [-0.05, 0) is 25.0 Å². The van der Waals surface area contributed by atoms with E-state index >= 15 is 0 Å². The van der Waals surface area contributed by atoms with Gasteiger partial charge in [-0.2, -0.15) is 0 Å². The molecule has 0 aromatic heterocycles. The largest absolute Gasteiger partial charge is 0.480 e. The summed E-state index contributed by atoms with van der Waals surface area (Å²) in [6.45, 7) is 7.39. The van der Waals surface area contributed by atoms with Crippen LogP contribution in [0.3, 0.4) is 0 Å². The average Bonchev–Trinajstić information content (AvgIpc) is 2.32. The minimum absolute atomic E-state index is 0.222. The van der Waals surface area contributed by atoms with E-state index in [9.17, 15) is 14.7 Å². The molecular weight excluding hydrogens is 242 g/mol. The first kappa shape index (κ1) is 15.2. The third kappa shape index (κ3) is 4.39. The molecule has 4 nitrogen and oxygen atoms in total. The number of amides is 1. The summed E-state index contributed by atoms with van der Waals surface area (Å²) in [5, 5.41) is 11.8. The maximum absolute atomic E-state index is 11.6. The molecule has 1 aromatic carbocycles. The van der Waals surface area contributed by atoms with Gasteiger partial charge in [-0.25, -0.2) is 4.79 Å². The van der Waals surface area contributed by atoms with Crippen molar-refractivity contribution in [1.29, 1.82) is 0 Å². The van der Waals surface area contributed by atoms with Gasteiger partial charge >= 0.3 is 5.97 Å². The van der Waals surface area contributed by atoms with Gasteiger partial charge in [-0.3, -0.25) is 4.79 Å². The van der Waals surface area contributed by atoms with Crippen LogP contribution in [0.25, 0.3) is 0 Å². The van der Waals surface area contributed by atoms with Gasteiger partial charge in [0.15, 0.2) is 0 Å². The molecule has 1 aromatic rings. The van der Waals surface area contributed by atoms with Crippen molar-refractivity contribution in [3.63, 3.8) is 0 Å². The normalized spacial score (nSPS) is 12.3. The standard InChI is InChI=1S/C15H21NO3/c1-9(2)14(17)16-13(15(18)19)8-12-7-10(3)5-6-11(12)4/h5-7,9,13H,8H2,1-4H3,(H,16,17)(H,18,19). The predicted octanol–water partition coefficient (Wildman–Crippen LogP) is 2.07. The number of carbonyl (C=O) groups excluding carboxylic acids is 1. The van der Waals surface area contributed by atoms with Gasteiger partial charge in [0.05, 0.1) is 0 Å². The molecule has 1 amide bonds. The minimum Gasteiger partial charge on any atom is -0.480 e. The van der Waals surface area contributed by atoms with Crippen LogP contribution in [0.1, 0.15) is 30.5 Å². The van der Waals surface area contributed by atoms with Gasteiger partial charge in [0.25, 0.3) is 0 Å². The molecule has 0 aliphatic carbocycles. The van der Waals surface area contributed by atoms with Crippen LogP contribution < -0.4 is 5.32 Å². The van der Waals surface area contributed by atoms with E-state index in [-0.39, 0.29) is 11.8 Å². The molecule has 0 fully saturated rings. The maximum atomic E-state index is 11.6. The average molecular weight is 263 g/mol. The second-order valence-corrected chi connectivity index (χ2v) is 5.19. The van der Waals surface area contributed by atoms with Crippen molar-refractivity contribution >= 4 is 11.9 Å². The molecular formula is C15H21NO3. The number of carbonyl (C=O) groups is 2. The van der Waals surface area contributed by atoms with Crippen LogP contribution in [-0.4, -0.2) is 23.0 Å². The third-order valence-corrected chi connectivity index (χ3v) is 3.07. The van der Waals surface area contributed by atoms with Crippen LogP contribution >= 0.6 is 0 Å². The van der Waals surface area contributed by atoms with Crippen molar-refractivity contribution in [1.82, 2.24) is 5.32 Å². The molecule has 1 unspecified atom stereocenters. The number of aliphatic carboxylic acids is 1. The molecule has 0 saturated carbocycles. The summed E-state index contributed by atoms with van der Waals surface area (Å²) >= 11 is 0. The third-order valence-electron chi connectivity index (χ3n) is 3.07. The molecule has 2 N–H and O–H groups in total. The van der Waals surface area contributed by atoms with Crippen molar-refractivity contribution in [3.8, 4) is 0 Å². The lowest BCUT2D eigenvalue weighted by atomic mass is 9.98. The molecule has 0 saturated heterocycles. The van der Waals surface area contributed by atoms with Crippen LogP contribution in [0.15, 0.2) is 18.2 Å². The Morgan fingerprint density at radius 1 is 1.26 bits per heavy atom. The number of aryl methyl sites for hydroxylation is 2. The SMILES string of the molecule is Cc1ccc(C)c(CC(NC(=O)C(C)C)C(=O)O)c1. The molecule has 0 radical (unpaired) electrons. The van der Waals surface area contributed by atoms with Gasteiger partial charge in [0, 0.05) is 12.3 Å². The molecule has 1 rings (SSSR count). The first-order valence-corrected chi connectivity index (χ1v) is 6.40. The summed E-state index contributed by atoms with van der Waals surface area (Å²) in [5.74, 6) is -1.46. The molecule has 19 heavy (non-hydrogen) atoms. The first-order chi connectivity index (χ1) is 8.81. The molecule has 0 bridgehead atoms. The molecule has 0 aliphatic rings. The smallest absolute Gasteiger partial charge is 0.326 e. The molecule has 4 heteroatoms. The van der Waals surface area contributed by atoms with E-state index in [0.717, 1.165) is 16.7 Å². The second kappa shape index (κ2) is 6.36. The van der Waals surface area contributed by atoms with Crippen LogP contribution in [0, 0.1) is 19.8 Å². The molecule has 0 heterocycles. The predicted molar refractivity (Wildman–Crippen MR) is 74.0 cm³/mol. The van der Waals surface area contributed by atoms with E-state index in [2.05, 4.69) is 5.32 Å². The zero-order chi connectivity index (χ0) is 14.6. The Labute approximate surface area is 113 Å². The monoisotopic (exact) mass is 263 g/mol. The summed E-state index contributed by atoms with van der Waals surface area (Å²) < 4.78 is 0. The highest BCUT2D eigenvalue weighted by Crippen LogP contribution is 2.13. The number of carboxylic acids is 1. The van der Waals surface area contributed by atoms with Crippen molar-refractivity contribution < 1.29 is 14.7 Å². The van der Waals surface area contributed by atoms with E-state index in [1.165, 1.54) is 0 Å². The lowest BCUT2D eigenvalue weighted by Gasteiger charge is -2.17. The van der Waals surface area contributed by atoms with Crippen molar-refractivity contribution in [2.45, 2.75) is 40.2 Å². The van der Waals surface area contributed by atoms with E-state index in [0.29, 0.717) is 6.42 Å². The van der Waals surface area contributed by atoms with Gasteiger partial charge in [0.2, 0.25) is 5.91 Å². The summed E-state index contributed by atoms with van der Waals surface area (Å²) in [6, 6.07) is 5.04. The summed E-state index contributed by atoms with van der Waals surface area (Å²) in [6.07, 6.45) is 0.307. The van der Waals surface area contributed by atoms with Crippen LogP contribution in [0.5, 0.6) is 0 Å². The second-order valence-electron chi connectivity index (χ2n) is 5.19. The topological polar surface area (TPSA) is 66.4 Å². The van der Waals surface area contributed by atoms with E-state index < -0.39 is 12.0 Å². The minimum atomic E-state index is -1.00. The summed E-state index contributed by atoms with van der Waals surface area (Å²) in [7, 11) is 0. The highest BCUT2D eigenvalue weighted by molar-refractivity contribution is 5.84. The van der Waals surface area contributed by atoms with Gasteiger partial charge in [-0.15, -0.1) is 0 Å². The van der Waals surface area contributed by atoms with Gasteiger partial charge in [0.1, 0.15) is 6.04 Å². The molecule has 0 aliphatic heterocycles. The van der Waals surface area contributed by atoms with E-state index in [1.807, 2.05) is 32.0 Å². The Morgan fingerprint density at radius 3 is 2.42 bits per heavy atom. The zero-order valence-electron chi connectivity index (χ0n) is 11.9. The number of nitrogens with one attached hydrogen (secondary N) is 1. The summed E-state index contributed by atoms with van der Waals surface area (Å²) in [4.78, 5) is 22.9.